The molecule has 0 atom stereocenters. The summed E-state index contributed by atoms with van der Waals surface area (Å²) in [7, 11) is -2.15. The summed E-state index contributed by atoms with van der Waals surface area (Å²) in [5, 5.41) is 1.93. The Kier molecular flexibility index (Phi) is 4.90. The molecule has 1 rings (SSSR count). The fraction of sp³-hybridized carbons (Fsp3) is 0.417. The Bertz CT molecular complexity index is 567. The van der Waals surface area contributed by atoms with Crippen LogP contribution in [0.25, 0.3) is 0 Å². The number of nitrogens with one attached hydrogen (secondary N) is 1. The van der Waals surface area contributed by atoms with Crippen molar-refractivity contribution < 1.29 is 17.9 Å². The maximum atomic E-state index is 12.1. The summed E-state index contributed by atoms with van der Waals surface area (Å²) in [4.78, 5) is 11.3. The molecule has 1 aromatic rings. The monoisotopic (exact) mass is 286 g/mol. The van der Waals surface area contributed by atoms with Crippen LogP contribution in [0.1, 0.15) is 19.4 Å². The molecule has 0 aliphatic rings. The van der Waals surface area contributed by atoms with Crippen LogP contribution in [0.2, 0.25) is 0 Å². The molecule has 0 saturated carbocycles. The van der Waals surface area contributed by atoms with Gasteiger partial charge >= 0.3 is 6.09 Å². The summed E-state index contributed by atoms with van der Waals surface area (Å²) >= 11 is 0. The molecule has 7 heteroatoms. The van der Waals surface area contributed by atoms with Gasteiger partial charge in [0.1, 0.15) is 0 Å². The first-order chi connectivity index (χ1) is 8.82. The molecule has 0 radical (unpaired) electrons. The highest BCUT2D eigenvalue weighted by Gasteiger charge is 2.22. The van der Waals surface area contributed by atoms with Crippen molar-refractivity contribution in [2.45, 2.75) is 30.5 Å². The number of carbonyl (C=O) groups is 1. The van der Waals surface area contributed by atoms with Crippen molar-refractivity contribution in [3.05, 3.63) is 23.8 Å². The van der Waals surface area contributed by atoms with Crippen LogP contribution >= 0.6 is 0 Å². The summed E-state index contributed by atoms with van der Waals surface area (Å²) in [6.45, 7) is 3.28. The molecule has 0 aliphatic carbocycles. The van der Waals surface area contributed by atoms with Gasteiger partial charge in [-0.1, -0.05) is 0 Å². The minimum absolute atomic E-state index is 0.0674. The number of ether oxygens (including phenoxy) is 1. The third-order valence-electron chi connectivity index (χ3n) is 2.64. The van der Waals surface area contributed by atoms with E-state index in [1.807, 2.05) is 0 Å². The van der Waals surface area contributed by atoms with Crippen molar-refractivity contribution in [1.82, 2.24) is 0 Å². The van der Waals surface area contributed by atoms with Crippen molar-refractivity contribution in [3.63, 3.8) is 0 Å². The van der Waals surface area contributed by atoms with E-state index in [1.165, 1.54) is 25.3 Å². The summed E-state index contributed by atoms with van der Waals surface area (Å²) in [5.74, 6) is 0. The smallest absolute Gasteiger partial charge is 0.411 e. The third-order valence-corrected chi connectivity index (χ3v) is 4.89. The lowest BCUT2D eigenvalue weighted by atomic mass is 10.2. The maximum Gasteiger partial charge on any atom is 0.411 e. The number of sulfone groups is 1. The van der Waals surface area contributed by atoms with Crippen molar-refractivity contribution in [1.29, 1.82) is 0 Å². The van der Waals surface area contributed by atoms with Crippen LogP contribution in [0, 0.1) is 0 Å². The minimum Gasteiger partial charge on any atom is -0.453 e. The van der Waals surface area contributed by atoms with Gasteiger partial charge in [-0.2, -0.15) is 0 Å². The topological polar surface area (TPSA) is 98.5 Å². The van der Waals surface area contributed by atoms with E-state index >= 15 is 0 Å². The van der Waals surface area contributed by atoms with Crippen molar-refractivity contribution in [3.8, 4) is 0 Å². The summed E-state index contributed by atoms with van der Waals surface area (Å²) in [5.41, 5.74) is 6.47. The van der Waals surface area contributed by atoms with Gasteiger partial charge in [0.2, 0.25) is 0 Å². The first kappa shape index (κ1) is 15.5. The second-order valence-corrected chi connectivity index (χ2v) is 6.71. The molecule has 0 bridgehead atoms. The highest BCUT2D eigenvalue weighted by molar-refractivity contribution is 7.92. The van der Waals surface area contributed by atoms with Crippen LogP contribution in [0.4, 0.5) is 10.5 Å². The molecule has 0 spiro atoms. The van der Waals surface area contributed by atoms with Gasteiger partial charge in [0.25, 0.3) is 0 Å². The molecule has 1 amide bonds. The Morgan fingerprint density at radius 1 is 1.42 bits per heavy atom. The van der Waals surface area contributed by atoms with Gasteiger partial charge in [0.05, 0.1) is 17.3 Å². The molecule has 6 nitrogen and oxygen atoms in total. The van der Waals surface area contributed by atoms with Crippen LogP contribution in [-0.4, -0.2) is 26.9 Å². The summed E-state index contributed by atoms with van der Waals surface area (Å²) in [6, 6.07) is 4.49. The average Bonchev–Trinajstić information content (AvgIpc) is 2.37. The van der Waals surface area contributed by atoms with E-state index in [4.69, 9.17) is 5.73 Å². The van der Waals surface area contributed by atoms with Crippen molar-refractivity contribution >= 4 is 21.6 Å². The molecule has 0 heterocycles. The highest BCUT2D eigenvalue weighted by atomic mass is 32.2. The fourth-order valence-electron chi connectivity index (χ4n) is 1.52. The second-order valence-electron chi connectivity index (χ2n) is 4.24. The zero-order valence-corrected chi connectivity index (χ0v) is 12.0. The third kappa shape index (κ3) is 3.45. The molecule has 0 fully saturated rings. The van der Waals surface area contributed by atoms with Crippen LogP contribution in [0.15, 0.2) is 23.1 Å². The Labute approximate surface area is 112 Å². The second kappa shape index (κ2) is 6.03. The predicted octanol–water partition coefficient (Wildman–Crippen LogP) is 1.51. The zero-order chi connectivity index (χ0) is 14.6. The number of rotatable bonds is 4. The maximum absolute atomic E-state index is 12.1. The number of nitrogens with two attached hydrogens (primary N) is 1. The van der Waals surface area contributed by atoms with E-state index in [-0.39, 0.29) is 11.4 Å². The first-order valence-corrected chi connectivity index (χ1v) is 7.29. The SMILES string of the molecule is COC(=O)Nc1ccc(S(=O)(=O)C(C)C)c(CN)c1. The fourth-order valence-corrected chi connectivity index (χ4v) is 2.79. The molecule has 3 N–H and O–H groups in total. The number of anilines is 1. The van der Waals surface area contributed by atoms with Crippen LogP contribution in [-0.2, 0) is 21.1 Å². The van der Waals surface area contributed by atoms with E-state index < -0.39 is 21.2 Å². The molecular formula is C12H18N2O4S. The predicted molar refractivity (Wildman–Crippen MR) is 72.7 cm³/mol. The molecule has 106 valence electrons. The quantitative estimate of drug-likeness (QED) is 0.874. The van der Waals surface area contributed by atoms with E-state index in [0.717, 1.165) is 0 Å². The standard InChI is InChI=1S/C12H18N2O4S/c1-8(2)19(16,17)11-5-4-10(6-9(11)7-13)14-12(15)18-3/h4-6,8H,7,13H2,1-3H3,(H,14,15). The molecular weight excluding hydrogens is 268 g/mol. The van der Waals surface area contributed by atoms with Crippen molar-refractivity contribution in [2.75, 3.05) is 12.4 Å². The van der Waals surface area contributed by atoms with Crippen LogP contribution < -0.4 is 11.1 Å². The number of carbonyl (C=O) groups excluding carboxylic acids is 1. The lowest BCUT2D eigenvalue weighted by Gasteiger charge is -2.13. The zero-order valence-electron chi connectivity index (χ0n) is 11.1. The van der Waals surface area contributed by atoms with E-state index in [1.54, 1.807) is 13.8 Å². The van der Waals surface area contributed by atoms with Crippen LogP contribution in [0.5, 0.6) is 0 Å². The van der Waals surface area contributed by atoms with E-state index in [2.05, 4.69) is 10.1 Å². The number of hydrogen-bond acceptors (Lipinski definition) is 5. The molecule has 0 saturated heterocycles. The normalized spacial score (nSPS) is 11.4. The Morgan fingerprint density at radius 3 is 2.53 bits per heavy atom. The van der Waals surface area contributed by atoms with Gasteiger partial charge < -0.3 is 10.5 Å². The van der Waals surface area contributed by atoms with E-state index in [0.29, 0.717) is 11.3 Å². The largest absolute Gasteiger partial charge is 0.453 e. The van der Waals surface area contributed by atoms with Crippen LogP contribution in [0.3, 0.4) is 0 Å². The van der Waals surface area contributed by atoms with Gasteiger partial charge in [-0.15, -0.1) is 0 Å². The molecule has 0 unspecified atom stereocenters. The van der Waals surface area contributed by atoms with Gasteiger partial charge in [-0.3, -0.25) is 5.32 Å². The lowest BCUT2D eigenvalue weighted by Crippen LogP contribution is -2.18. The van der Waals surface area contributed by atoms with Gasteiger partial charge in [-0.25, -0.2) is 13.2 Å². The molecule has 0 aliphatic heterocycles. The Morgan fingerprint density at radius 2 is 2.05 bits per heavy atom. The van der Waals surface area contributed by atoms with Gasteiger partial charge in [0, 0.05) is 12.2 Å². The summed E-state index contributed by atoms with van der Waals surface area (Å²) in [6.07, 6.45) is -0.623. The Hall–Kier alpha value is -1.60. The lowest BCUT2D eigenvalue weighted by molar-refractivity contribution is 0.187. The van der Waals surface area contributed by atoms with Gasteiger partial charge in [-0.05, 0) is 37.6 Å². The number of benzene rings is 1. The number of hydrogen-bond donors (Lipinski definition) is 2. The molecule has 0 aromatic heterocycles. The van der Waals surface area contributed by atoms with Crippen molar-refractivity contribution in [2.24, 2.45) is 5.73 Å². The van der Waals surface area contributed by atoms with E-state index in [9.17, 15) is 13.2 Å². The average molecular weight is 286 g/mol. The minimum atomic E-state index is -3.39. The Balaban J connectivity index is 3.21. The summed E-state index contributed by atoms with van der Waals surface area (Å²) < 4.78 is 28.7. The highest BCUT2D eigenvalue weighted by Crippen LogP contribution is 2.23. The van der Waals surface area contributed by atoms with Gasteiger partial charge in [0.15, 0.2) is 9.84 Å². The first-order valence-electron chi connectivity index (χ1n) is 5.74. The number of amides is 1. The number of methoxy groups -OCH3 is 1. The molecule has 19 heavy (non-hydrogen) atoms. The molecule has 1 aromatic carbocycles.